The number of nitrogens with one attached hydrogen (secondary N) is 1. The fourth-order valence-electron chi connectivity index (χ4n) is 4.27. The summed E-state index contributed by atoms with van der Waals surface area (Å²) in [6, 6.07) is 0. The number of carbonyl (C=O) groups excluding carboxylic acids is 1. The zero-order valence-corrected chi connectivity index (χ0v) is 21.1. The smallest absolute Gasteiger partial charge is 0.407 e. The fraction of sp³-hybridized carbons (Fsp3) is 0.870. The Bertz CT molecular complexity index is 606. The maximum atomic E-state index is 12.8. The number of hydrogen-bond donors (Lipinski definition) is 1. The Morgan fingerprint density at radius 1 is 0.794 bits per heavy atom. The molecule has 2 unspecified atom stereocenters. The first kappa shape index (κ1) is 28.9. The summed E-state index contributed by atoms with van der Waals surface area (Å²) in [7, 11) is 7.83. The highest BCUT2D eigenvalue weighted by molar-refractivity contribution is 5.67. The summed E-state index contributed by atoms with van der Waals surface area (Å²) in [6.45, 7) is 3.88. The number of amides is 1. The van der Waals surface area contributed by atoms with Gasteiger partial charge in [0.15, 0.2) is 6.10 Å². The molecule has 0 radical (unpaired) electrons. The highest BCUT2D eigenvalue weighted by Gasteiger charge is 2.42. The number of rotatable bonds is 5. The van der Waals surface area contributed by atoms with Gasteiger partial charge in [-0.1, -0.05) is 19.1 Å². The molecule has 11 nitrogen and oxygen atoms in total. The van der Waals surface area contributed by atoms with Gasteiger partial charge in [-0.3, -0.25) is 0 Å². The van der Waals surface area contributed by atoms with Crippen LogP contribution in [0.1, 0.15) is 6.92 Å². The van der Waals surface area contributed by atoms with Crippen molar-refractivity contribution in [2.45, 2.75) is 49.7 Å². The second-order valence-electron chi connectivity index (χ2n) is 8.30. The first-order valence-corrected chi connectivity index (χ1v) is 11.5. The van der Waals surface area contributed by atoms with Crippen LogP contribution in [0.25, 0.3) is 0 Å². The van der Waals surface area contributed by atoms with Gasteiger partial charge in [0.05, 0.1) is 33.0 Å². The van der Waals surface area contributed by atoms with Gasteiger partial charge in [0, 0.05) is 48.0 Å². The number of fused-ring (bicyclic) bond motifs is 1. The Kier molecular flexibility index (Phi) is 13.3. The zero-order chi connectivity index (χ0) is 24.9. The first-order valence-electron chi connectivity index (χ1n) is 11.5. The predicted molar refractivity (Wildman–Crippen MR) is 122 cm³/mol. The van der Waals surface area contributed by atoms with E-state index in [1.807, 2.05) is 19.1 Å². The second-order valence-corrected chi connectivity index (χ2v) is 8.30. The summed E-state index contributed by atoms with van der Waals surface area (Å²) in [6.07, 6.45) is -0.342. The Hall–Kier alpha value is -1.31. The molecule has 1 saturated heterocycles. The molecule has 0 aromatic heterocycles. The van der Waals surface area contributed by atoms with E-state index in [4.69, 9.17) is 42.6 Å². The molecule has 8 atom stereocenters. The Morgan fingerprint density at radius 2 is 1.38 bits per heavy atom. The molecule has 2 heterocycles. The minimum absolute atomic E-state index is 0.0481. The standard InChI is InChI=1S/C23H41NO10/c1-15-12-33-18-14-32-10-8-7-9-31-13-17(27-3)21(30-6)20(29-5)16(26-2)11-24-23(25)34-22(18)19(15)28-4/h7-8,15-22H,9-14H2,1-6H3,(H,24,25)/b8-7+/t15-,16-,17+,18?,19?,20+,21+,22+/m0/s1. The molecule has 0 aromatic carbocycles. The summed E-state index contributed by atoms with van der Waals surface area (Å²) < 4.78 is 51.4. The van der Waals surface area contributed by atoms with E-state index in [0.717, 1.165) is 0 Å². The minimum atomic E-state index is -0.635. The number of hydrogen-bond acceptors (Lipinski definition) is 10. The Morgan fingerprint density at radius 3 is 1.97 bits per heavy atom. The van der Waals surface area contributed by atoms with E-state index in [1.54, 1.807) is 28.4 Å². The summed E-state index contributed by atoms with van der Waals surface area (Å²) in [5.41, 5.74) is 0. The molecule has 11 heteroatoms. The van der Waals surface area contributed by atoms with Gasteiger partial charge in [-0.05, 0) is 0 Å². The van der Waals surface area contributed by atoms with Crippen molar-refractivity contribution in [1.82, 2.24) is 5.32 Å². The molecule has 0 spiro atoms. The van der Waals surface area contributed by atoms with Crippen LogP contribution in [-0.2, 0) is 42.6 Å². The maximum Gasteiger partial charge on any atom is 0.407 e. The van der Waals surface area contributed by atoms with Gasteiger partial charge >= 0.3 is 6.09 Å². The third-order valence-electron chi connectivity index (χ3n) is 6.15. The molecule has 0 aliphatic carbocycles. The summed E-state index contributed by atoms with van der Waals surface area (Å²) in [5, 5.41) is 2.77. The molecule has 0 saturated carbocycles. The van der Waals surface area contributed by atoms with Gasteiger partial charge in [0.2, 0.25) is 0 Å². The number of carbonyl (C=O) groups is 1. The van der Waals surface area contributed by atoms with E-state index in [2.05, 4.69) is 5.32 Å². The molecule has 2 rings (SSSR count). The first-order chi connectivity index (χ1) is 16.5. The number of methoxy groups -OCH3 is 5. The van der Waals surface area contributed by atoms with Crippen molar-refractivity contribution in [3.8, 4) is 0 Å². The predicted octanol–water partition coefficient (Wildman–Crippen LogP) is 0.794. The lowest BCUT2D eigenvalue weighted by atomic mass is 9.93. The average molecular weight is 492 g/mol. The van der Waals surface area contributed by atoms with Crippen molar-refractivity contribution in [1.29, 1.82) is 0 Å². The minimum Gasteiger partial charge on any atom is -0.441 e. The monoisotopic (exact) mass is 491 g/mol. The molecule has 0 bridgehead atoms. The van der Waals surface area contributed by atoms with Gasteiger partial charge in [-0.25, -0.2) is 4.79 Å². The van der Waals surface area contributed by atoms with Gasteiger partial charge in [-0.2, -0.15) is 0 Å². The quantitative estimate of drug-likeness (QED) is 0.554. The van der Waals surface area contributed by atoms with Crippen LogP contribution in [0.4, 0.5) is 4.79 Å². The fourth-order valence-corrected chi connectivity index (χ4v) is 4.27. The van der Waals surface area contributed by atoms with Crippen molar-refractivity contribution in [3.05, 3.63) is 12.2 Å². The summed E-state index contributed by atoms with van der Waals surface area (Å²) >= 11 is 0. The lowest BCUT2D eigenvalue weighted by molar-refractivity contribution is -0.184. The van der Waals surface area contributed by atoms with E-state index >= 15 is 0 Å². The van der Waals surface area contributed by atoms with Crippen molar-refractivity contribution < 1.29 is 47.4 Å². The van der Waals surface area contributed by atoms with E-state index in [-0.39, 0.29) is 31.8 Å². The second kappa shape index (κ2) is 15.6. The van der Waals surface area contributed by atoms with Gasteiger partial charge in [0.1, 0.15) is 36.6 Å². The van der Waals surface area contributed by atoms with E-state index in [9.17, 15) is 4.79 Å². The Labute approximate surface area is 202 Å². The van der Waals surface area contributed by atoms with Crippen LogP contribution < -0.4 is 5.32 Å². The van der Waals surface area contributed by atoms with Crippen molar-refractivity contribution in [3.63, 3.8) is 0 Å². The SMILES string of the molecule is COC1[C@@H]2OC(=O)NC[C@H](OC)[C@@H](OC)[C@H](OC)[C@H](OC)COC/C=C/COCC2OC[C@@H]1C. The molecular weight excluding hydrogens is 450 g/mol. The lowest BCUT2D eigenvalue weighted by Gasteiger charge is -2.40. The van der Waals surface area contributed by atoms with E-state index < -0.39 is 42.7 Å². The third-order valence-corrected chi connectivity index (χ3v) is 6.15. The molecule has 0 aromatic rings. The van der Waals surface area contributed by atoms with Crippen LogP contribution in [-0.4, -0.2) is 124 Å². The topological polar surface area (TPSA) is 112 Å². The summed E-state index contributed by atoms with van der Waals surface area (Å²) in [5.74, 6) is 0.0481. The number of alkyl carbamates (subject to hydrolysis) is 1. The van der Waals surface area contributed by atoms with E-state index in [1.165, 1.54) is 7.11 Å². The average Bonchev–Trinajstić information content (AvgIpc) is 2.84. The molecule has 2 aliphatic heterocycles. The normalized spacial score (nSPS) is 38.0. The van der Waals surface area contributed by atoms with E-state index in [0.29, 0.717) is 19.8 Å². The molecule has 2 aliphatic rings. The molecule has 1 N–H and O–H groups in total. The highest BCUT2D eigenvalue weighted by Crippen LogP contribution is 2.26. The van der Waals surface area contributed by atoms with Crippen LogP contribution >= 0.6 is 0 Å². The molecule has 1 amide bonds. The van der Waals surface area contributed by atoms with Crippen LogP contribution in [0, 0.1) is 5.92 Å². The summed E-state index contributed by atoms with van der Waals surface area (Å²) in [4.78, 5) is 12.8. The van der Waals surface area contributed by atoms with Gasteiger partial charge in [0.25, 0.3) is 0 Å². The zero-order valence-electron chi connectivity index (χ0n) is 21.1. The van der Waals surface area contributed by atoms with Crippen molar-refractivity contribution in [2.24, 2.45) is 5.92 Å². The molecule has 34 heavy (non-hydrogen) atoms. The van der Waals surface area contributed by atoms with Crippen molar-refractivity contribution >= 4 is 6.09 Å². The lowest BCUT2D eigenvalue weighted by Crippen LogP contribution is -2.56. The highest BCUT2D eigenvalue weighted by atomic mass is 16.6. The van der Waals surface area contributed by atoms with Gasteiger partial charge in [-0.15, -0.1) is 0 Å². The number of ether oxygens (including phenoxy) is 9. The van der Waals surface area contributed by atoms with Crippen LogP contribution in [0.5, 0.6) is 0 Å². The van der Waals surface area contributed by atoms with Gasteiger partial charge < -0.3 is 47.9 Å². The van der Waals surface area contributed by atoms with Crippen molar-refractivity contribution in [2.75, 3.05) is 75.1 Å². The molecule has 198 valence electrons. The van der Waals surface area contributed by atoms with Crippen LogP contribution in [0.15, 0.2) is 12.2 Å². The maximum absolute atomic E-state index is 12.8. The largest absolute Gasteiger partial charge is 0.441 e. The third kappa shape index (κ3) is 8.13. The molecular formula is C23H41NO10. The molecule has 1 fully saturated rings. The van der Waals surface area contributed by atoms with Crippen LogP contribution in [0.2, 0.25) is 0 Å². The van der Waals surface area contributed by atoms with Crippen LogP contribution in [0.3, 0.4) is 0 Å². The Balaban J connectivity index is 2.21.